The third-order valence-electron chi connectivity index (χ3n) is 8.12. The second kappa shape index (κ2) is 12.2. The number of ketones is 1. The predicted octanol–water partition coefficient (Wildman–Crippen LogP) is 4.36. The number of fused-ring (bicyclic) bond motifs is 1. The lowest BCUT2D eigenvalue weighted by molar-refractivity contribution is 0.0589. The van der Waals surface area contributed by atoms with Crippen LogP contribution in [0.15, 0.2) is 71.8 Å². The molecule has 0 atom stereocenters. The average Bonchev–Trinajstić information content (AvgIpc) is 3.47. The summed E-state index contributed by atoms with van der Waals surface area (Å²) in [5, 5.41) is 0. The van der Waals surface area contributed by atoms with Crippen molar-refractivity contribution in [2.75, 3.05) is 26.2 Å². The van der Waals surface area contributed by atoms with Gasteiger partial charge in [0.2, 0.25) is 5.78 Å². The number of H-pyrrole nitrogens is 1. The molecule has 0 aliphatic carbocycles. The van der Waals surface area contributed by atoms with Gasteiger partial charge in [-0.2, -0.15) is 0 Å². The topological polar surface area (TPSA) is 90.8 Å². The van der Waals surface area contributed by atoms with E-state index in [9.17, 15) is 14.4 Å². The van der Waals surface area contributed by atoms with Gasteiger partial charge in [-0.25, -0.2) is 4.98 Å². The molecule has 40 heavy (non-hydrogen) atoms. The third-order valence-corrected chi connectivity index (χ3v) is 8.12. The van der Waals surface area contributed by atoms with Gasteiger partial charge in [0.1, 0.15) is 5.56 Å². The van der Waals surface area contributed by atoms with E-state index in [1.54, 1.807) is 36.7 Å². The van der Waals surface area contributed by atoms with Gasteiger partial charge in [-0.05, 0) is 56.5 Å². The van der Waals surface area contributed by atoms with E-state index in [0.29, 0.717) is 35.1 Å². The van der Waals surface area contributed by atoms with Gasteiger partial charge >= 0.3 is 0 Å². The van der Waals surface area contributed by atoms with Crippen LogP contribution in [0, 0.1) is 0 Å². The number of amides is 1. The number of likely N-dealkylation sites (tertiary alicyclic amines) is 2. The van der Waals surface area contributed by atoms with E-state index in [1.165, 1.54) is 36.8 Å². The fourth-order valence-electron chi connectivity index (χ4n) is 5.96. The normalized spacial score (nSPS) is 16.6. The first-order valence-electron chi connectivity index (χ1n) is 13.9. The molecule has 0 radical (unpaired) electrons. The Balaban J connectivity index is 0.00000323. The van der Waals surface area contributed by atoms with Gasteiger partial charge in [0.05, 0.1) is 5.69 Å². The van der Waals surface area contributed by atoms with Crippen molar-refractivity contribution in [1.82, 2.24) is 24.2 Å². The number of carbonyl (C=O) groups excluding carboxylic acids is 2. The summed E-state index contributed by atoms with van der Waals surface area (Å²) < 4.78 is 1.35. The zero-order valence-corrected chi connectivity index (χ0v) is 23.2. The number of benzene rings is 2. The largest absolute Gasteiger partial charge is 0.339 e. The van der Waals surface area contributed by atoms with Crippen LogP contribution >= 0.6 is 12.4 Å². The molecule has 4 heterocycles. The molecule has 0 saturated carbocycles. The molecule has 208 valence electrons. The number of aromatic amines is 1. The average molecular weight is 560 g/mol. The number of rotatable bonds is 6. The number of nitrogens with zero attached hydrogens (tertiary/aromatic N) is 4. The summed E-state index contributed by atoms with van der Waals surface area (Å²) in [6, 6.07) is 16.9. The molecule has 2 aromatic carbocycles. The summed E-state index contributed by atoms with van der Waals surface area (Å²) in [5.41, 5.74) is 1.95. The van der Waals surface area contributed by atoms with Crippen molar-refractivity contribution in [3.05, 3.63) is 105 Å². The predicted molar refractivity (Wildman–Crippen MR) is 157 cm³/mol. The molecular formula is C31H34ClN5O3. The molecule has 2 aliphatic heterocycles. The molecule has 8 nitrogen and oxygen atoms in total. The molecular weight excluding hydrogens is 526 g/mol. The van der Waals surface area contributed by atoms with Crippen LogP contribution in [0.1, 0.15) is 69.6 Å². The number of halogens is 1. The monoisotopic (exact) mass is 559 g/mol. The van der Waals surface area contributed by atoms with Crippen LogP contribution in [0.25, 0.3) is 5.78 Å². The molecule has 2 aliphatic rings. The van der Waals surface area contributed by atoms with E-state index in [2.05, 4.69) is 14.9 Å². The minimum Gasteiger partial charge on any atom is -0.339 e. The molecule has 6 rings (SSSR count). The van der Waals surface area contributed by atoms with Crippen LogP contribution in [0.2, 0.25) is 0 Å². The number of carbonyl (C=O) groups is 2. The maximum absolute atomic E-state index is 13.6. The van der Waals surface area contributed by atoms with Crippen LogP contribution in [0.5, 0.6) is 0 Å². The van der Waals surface area contributed by atoms with Gasteiger partial charge in [-0.3, -0.25) is 18.8 Å². The highest BCUT2D eigenvalue weighted by atomic mass is 35.5. The van der Waals surface area contributed by atoms with Gasteiger partial charge in [0.25, 0.3) is 11.5 Å². The molecule has 4 aromatic rings. The maximum atomic E-state index is 13.6. The fourth-order valence-corrected chi connectivity index (χ4v) is 5.96. The van der Waals surface area contributed by atoms with Crippen molar-refractivity contribution in [3.8, 4) is 0 Å². The van der Waals surface area contributed by atoms with E-state index < -0.39 is 11.3 Å². The van der Waals surface area contributed by atoms with E-state index in [1.807, 2.05) is 35.2 Å². The van der Waals surface area contributed by atoms with Crippen LogP contribution in [-0.4, -0.2) is 68.1 Å². The van der Waals surface area contributed by atoms with E-state index in [4.69, 9.17) is 0 Å². The standard InChI is InChI=1S/C31H33N5O3.ClH/c37-28(27-26(21-22-7-3-1-4-8-22)33-31-32-15-20-36(31)30(27)39)23-9-11-24(12-10-23)29(38)35-18-13-25(14-19-35)34-16-5-2-6-17-34;/h1,3-4,7-12,15,20,25H,2,5-6,13-14,16-19,21H2,(H,32,33);1H. The minimum absolute atomic E-state index is 0. The highest BCUT2D eigenvalue weighted by Crippen LogP contribution is 2.22. The summed E-state index contributed by atoms with van der Waals surface area (Å²) in [7, 11) is 0. The Bertz CT molecular complexity index is 1530. The second-order valence-electron chi connectivity index (χ2n) is 10.6. The summed E-state index contributed by atoms with van der Waals surface area (Å²) in [4.78, 5) is 52.3. The molecule has 0 bridgehead atoms. The Morgan fingerprint density at radius 3 is 2.25 bits per heavy atom. The van der Waals surface area contributed by atoms with Crippen LogP contribution in [-0.2, 0) is 6.42 Å². The zero-order valence-electron chi connectivity index (χ0n) is 22.4. The van der Waals surface area contributed by atoms with E-state index in [0.717, 1.165) is 31.5 Å². The smallest absolute Gasteiger partial charge is 0.270 e. The molecule has 2 aromatic heterocycles. The Morgan fingerprint density at radius 2 is 1.55 bits per heavy atom. The highest BCUT2D eigenvalue weighted by Gasteiger charge is 2.28. The minimum atomic E-state index is -0.408. The number of piperidine rings is 2. The maximum Gasteiger partial charge on any atom is 0.270 e. The van der Waals surface area contributed by atoms with Crippen molar-refractivity contribution < 1.29 is 9.59 Å². The Morgan fingerprint density at radius 1 is 0.875 bits per heavy atom. The SMILES string of the molecule is Cl.O=C(c1ccc(C(=O)N2CCC(N3CCCCC3)CC2)cc1)c1c(Cc2ccccc2)nc2[nH]ccn2c1=O. The van der Waals surface area contributed by atoms with Crippen LogP contribution < -0.4 is 5.56 Å². The van der Waals surface area contributed by atoms with Crippen LogP contribution in [0.4, 0.5) is 0 Å². The Hall–Kier alpha value is -3.75. The van der Waals surface area contributed by atoms with Gasteiger partial charge in [-0.15, -0.1) is 12.4 Å². The van der Waals surface area contributed by atoms with Crippen molar-refractivity contribution >= 4 is 29.9 Å². The first-order chi connectivity index (χ1) is 19.1. The summed E-state index contributed by atoms with van der Waals surface area (Å²) in [6.07, 6.45) is 9.45. The van der Waals surface area contributed by atoms with Gasteiger partial charge in [0.15, 0.2) is 5.78 Å². The lowest BCUT2D eigenvalue weighted by Gasteiger charge is -2.40. The van der Waals surface area contributed by atoms with Gasteiger partial charge in [-0.1, -0.05) is 48.9 Å². The summed E-state index contributed by atoms with van der Waals surface area (Å²) in [5.74, 6) is -0.00537. The first-order valence-corrected chi connectivity index (χ1v) is 13.9. The second-order valence-corrected chi connectivity index (χ2v) is 10.6. The quantitative estimate of drug-likeness (QED) is 0.355. The Kier molecular flexibility index (Phi) is 8.47. The number of hydrogen-bond donors (Lipinski definition) is 1. The molecule has 0 spiro atoms. The molecule has 9 heteroatoms. The third kappa shape index (κ3) is 5.60. The number of aromatic nitrogens is 3. The van der Waals surface area contributed by atoms with Crippen molar-refractivity contribution in [1.29, 1.82) is 0 Å². The number of nitrogens with one attached hydrogen (secondary N) is 1. The van der Waals surface area contributed by atoms with Gasteiger partial charge in [0, 0.05) is 49.1 Å². The summed E-state index contributed by atoms with van der Waals surface area (Å²) >= 11 is 0. The van der Waals surface area contributed by atoms with Gasteiger partial charge < -0.3 is 14.8 Å². The lowest BCUT2D eigenvalue weighted by Crippen LogP contribution is -2.48. The number of imidazole rings is 1. The van der Waals surface area contributed by atoms with E-state index in [-0.39, 0.29) is 23.9 Å². The van der Waals surface area contributed by atoms with Crippen molar-refractivity contribution in [2.45, 2.75) is 44.6 Å². The van der Waals surface area contributed by atoms with E-state index >= 15 is 0 Å². The van der Waals surface area contributed by atoms with Crippen molar-refractivity contribution in [2.24, 2.45) is 0 Å². The van der Waals surface area contributed by atoms with Crippen molar-refractivity contribution in [3.63, 3.8) is 0 Å². The molecule has 2 fully saturated rings. The molecule has 2 saturated heterocycles. The summed E-state index contributed by atoms with van der Waals surface area (Å²) in [6.45, 7) is 3.86. The Labute approximate surface area is 239 Å². The molecule has 1 amide bonds. The van der Waals surface area contributed by atoms with Crippen LogP contribution in [0.3, 0.4) is 0 Å². The molecule has 0 unspecified atom stereocenters. The number of hydrogen-bond acceptors (Lipinski definition) is 5. The first kappa shape index (κ1) is 27.8. The zero-order chi connectivity index (χ0) is 26.8. The molecule has 1 N–H and O–H groups in total. The highest BCUT2D eigenvalue weighted by molar-refractivity contribution is 6.10. The lowest BCUT2D eigenvalue weighted by atomic mass is 9.97. The fraction of sp³-hybridized carbons (Fsp3) is 0.355.